The number of carbonyl (C=O) groups is 2. The number of allylic oxidation sites excluding steroid dienone is 14. The molecule has 1 aliphatic rings. The third-order valence-corrected chi connectivity index (χ3v) is 8.78. The zero-order valence-electron chi connectivity index (χ0n) is 33.6. The highest BCUT2D eigenvalue weighted by molar-refractivity contribution is 5.70. The molecule has 0 aromatic heterocycles. The van der Waals surface area contributed by atoms with E-state index in [0.717, 1.165) is 89.9 Å². The minimum absolute atomic E-state index is 0.168. The lowest BCUT2D eigenvalue weighted by molar-refractivity contribution is -0.305. The van der Waals surface area contributed by atoms with Crippen LogP contribution in [0.5, 0.6) is 0 Å². The van der Waals surface area contributed by atoms with E-state index in [2.05, 4.69) is 98.9 Å². The lowest BCUT2D eigenvalue weighted by Gasteiger charge is -2.39. The van der Waals surface area contributed by atoms with Gasteiger partial charge >= 0.3 is 11.9 Å². The van der Waals surface area contributed by atoms with Crippen LogP contribution in [0.1, 0.15) is 129 Å². The first-order valence-electron chi connectivity index (χ1n) is 20.7. The molecule has 1 unspecified atom stereocenters. The van der Waals surface area contributed by atoms with Crippen molar-refractivity contribution >= 4 is 11.9 Å². The minimum atomic E-state index is -1.61. The molecule has 0 aromatic rings. The highest BCUT2D eigenvalue weighted by Crippen LogP contribution is 2.22. The number of rotatable bonds is 32. The maximum absolute atomic E-state index is 12.7. The quantitative estimate of drug-likeness (QED) is 0.0299. The largest absolute Gasteiger partial charge is 0.462 e. The number of hydrogen-bond acceptors (Lipinski definition) is 10. The zero-order chi connectivity index (χ0) is 40.2. The second kappa shape index (κ2) is 35.3. The highest BCUT2D eigenvalue weighted by atomic mass is 16.7. The molecule has 55 heavy (non-hydrogen) atoms. The van der Waals surface area contributed by atoms with Gasteiger partial charge in [-0.05, 0) is 83.5 Å². The molecule has 10 nitrogen and oxygen atoms in total. The lowest BCUT2D eigenvalue weighted by Crippen LogP contribution is -2.59. The van der Waals surface area contributed by atoms with Crippen LogP contribution in [0.2, 0.25) is 0 Å². The van der Waals surface area contributed by atoms with Crippen LogP contribution in [-0.4, -0.2) is 89.0 Å². The number of esters is 2. The van der Waals surface area contributed by atoms with Crippen LogP contribution in [0.4, 0.5) is 0 Å². The molecular weight excluding hydrogens is 700 g/mol. The minimum Gasteiger partial charge on any atom is -0.462 e. The van der Waals surface area contributed by atoms with E-state index in [1.54, 1.807) is 0 Å². The van der Waals surface area contributed by atoms with E-state index in [0.29, 0.717) is 12.8 Å². The molecular formula is C45H72O10. The first-order chi connectivity index (χ1) is 26.8. The topological polar surface area (TPSA) is 152 Å². The van der Waals surface area contributed by atoms with Gasteiger partial charge in [-0.1, -0.05) is 118 Å². The average Bonchev–Trinajstić information content (AvgIpc) is 3.18. The number of ether oxygens (including phenoxy) is 4. The second-order valence-corrected chi connectivity index (χ2v) is 13.7. The standard InChI is InChI=1S/C45H72O10/c1-3-5-7-9-11-13-15-17-19-21-23-25-27-29-31-33-40(47)52-36-38(37-53-45-44(51)43(50)42(49)39(35-46)55-45)54-41(48)34-32-30-28-26-24-22-20-18-16-14-12-10-8-6-4-2/h5-8,11-14,17-20,24,26,38-39,42-46,49-51H,3-4,9-10,15-16,21-23,25,27-37H2,1-2H3/t38-,39-,42+,43+,44-,45?/m1/s1. The smallest absolute Gasteiger partial charge is 0.306 e. The maximum atomic E-state index is 12.7. The Labute approximate surface area is 331 Å². The Morgan fingerprint density at radius 2 is 1.02 bits per heavy atom. The Morgan fingerprint density at radius 3 is 1.56 bits per heavy atom. The van der Waals surface area contributed by atoms with Crippen molar-refractivity contribution < 1.29 is 49.0 Å². The maximum Gasteiger partial charge on any atom is 0.306 e. The summed E-state index contributed by atoms with van der Waals surface area (Å²) in [5, 5.41) is 40.0. The summed E-state index contributed by atoms with van der Waals surface area (Å²) in [6.45, 7) is 3.10. The van der Waals surface area contributed by atoms with E-state index in [1.165, 1.54) is 0 Å². The molecule has 0 spiro atoms. The molecule has 1 heterocycles. The van der Waals surface area contributed by atoms with Crippen molar-refractivity contribution in [2.75, 3.05) is 19.8 Å². The molecule has 312 valence electrons. The molecule has 0 aliphatic carbocycles. The molecule has 1 saturated heterocycles. The summed E-state index contributed by atoms with van der Waals surface area (Å²) in [6.07, 6.45) is 37.3. The van der Waals surface area contributed by atoms with Crippen LogP contribution in [0.25, 0.3) is 0 Å². The van der Waals surface area contributed by atoms with Crippen molar-refractivity contribution in [2.45, 2.75) is 166 Å². The highest BCUT2D eigenvalue weighted by Gasteiger charge is 2.44. The van der Waals surface area contributed by atoms with Gasteiger partial charge in [-0.3, -0.25) is 9.59 Å². The molecule has 1 aliphatic heterocycles. The molecule has 1 fully saturated rings. The number of aliphatic hydroxyl groups is 4. The summed E-state index contributed by atoms with van der Waals surface area (Å²) < 4.78 is 22.0. The van der Waals surface area contributed by atoms with Crippen LogP contribution in [0.3, 0.4) is 0 Å². The van der Waals surface area contributed by atoms with Gasteiger partial charge in [-0.25, -0.2) is 0 Å². The summed E-state index contributed by atoms with van der Waals surface area (Å²) in [5.74, 6) is -0.886. The van der Waals surface area contributed by atoms with Gasteiger partial charge in [0, 0.05) is 12.8 Å². The van der Waals surface area contributed by atoms with Gasteiger partial charge in [-0.2, -0.15) is 0 Å². The lowest BCUT2D eigenvalue weighted by atomic mass is 9.99. The van der Waals surface area contributed by atoms with Crippen molar-refractivity contribution in [3.8, 4) is 0 Å². The Kier molecular flexibility index (Phi) is 32.0. The Hall–Kier alpha value is -3.12. The molecule has 6 atom stereocenters. The zero-order valence-corrected chi connectivity index (χ0v) is 33.6. The fraction of sp³-hybridized carbons (Fsp3) is 0.644. The predicted molar refractivity (Wildman–Crippen MR) is 219 cm³/mol. The molecule has 0 radical (unpaired) electrons. The van der Waals surface area contributed by atoms with Crippen molar-refractivity contribution in [3.05, 3.63) is 85.1 Å². The van der Waals surface area contributed by atoms with Gasteiger partial charge in [0.05, 0.1) is 13.2 Å². The Morgan fingerprint density at radius 1 is 0.564 bits per heavy atom. The third kappa shape index (κ3) is 27.2. The monoisotopic (exact) mass is 773 g/mol. The van der Waals surface area contributed by atoms with Gasteiger partial charge in [-0.15, -0.1) is 0 Å². The van der Waals surface area contributed by atoms with E-state index in [1.807, 2.05) is 0 Å². The average molecular weight is 773 g/mol. The first kappa shape index (κ1) is 49.9. The number of aliphatic hydroxyl groups excluding tert-OH is 4. The molecule has 10 heteroatoms. The van der Waals surface area contributed by atoms with Gasteiger partial charge in [0.25, 0.3) is 0 Å². The number of carbonyl (C=O) groups excluding carboxylic acids is 2. The van der Waals surface area contributed by atoms with E-state index in [4.69, 9.17) is 18.9 Å². The molecule has 4 N–H and O–H groups in total. The SMILES string of the molecule is CCC=CCC=CCC=CCC=CCCCCC(=O)O[C@H](COC(=O)CCCCCCCC=CCC=CCC=CCC)COC1O[C@H](CO)[C@H](O)[C@H](O)[C@H]1O. The first-order valence-corrected chi connectivity index (χ1v) is 20.7. The van der Waals surface area contributed by atoms with Crippen LogP contribution >= 0.6 is 0 Å². The second-order valence-electron chi connectivity index (χ2n) is 13.7. The van der Waals surface area contributed by atoms with Crippen molar-refractivity contribution in [2.24, 2.45) is 0 Å². The fourth-order valence-corrected chi connectivity index (χ4v) is 5.54. The summed E-state index contributed by atoms with van der Waals surface area (Å²) in [6, 6.07) is 0. The van der Waals surface area contributed by atoms with Gasteiger partial charge in [0.15, 0.2) is 12.4 Å². The Balaban J connectivity index is 2.42. The van der Waals surface area contributed by atoms with E-state index in [9.17, 15) is 30.0 Å². The molecule has 0 bridgehead atoms. The molecule has 0 saturated carbocycles. The van der Waals surface area contributed by atoms with Crippen molar-refractivity contribution in [1.82, 2.24) is 0 Å². The molecule has 0 amide bonds. The van der Waals surface area contributed by atoms with Gasteiger partial charge in [0.1, 0.15) is 31.0 Å². The summed E-state index contributed by atoms with van der Waals surface area (Å²) in [7, 11) is 0. The van der Waals surface area contributed by atoms with Crippen molar-refractivity contribution in [1.29, 1.82) is 0 Å². The van der Waals surface area contributed by atoms with Gasteiger partial charge < -0.3 is 39.4 Å². The van der Waals surface area contributed by atoms with Crippen LogP contribution in [0.15, 0.2) is 85.1 Å². The van der Waals surface area contributed by atoms with E-state index < -0.39 is 55.4 Å². The van der Waals surface area contributed by atoms with Gasteiger partial charge in [0.2, 0.25) is 0 Å². The molecule has 1 rings (SSSR count). The molecule has 0 aromatic carbocycles. The summed E-state index contributed by atoms with van der Waals surface area (Å²) in [5.41, 5.74) is 0. The van der Waals surface area contributed by atoms with Crippen LogP contribution < -0.4 is 0 Å². The third-order valence-electron chi connectivity index (χ3n) is 8.78. The normalized spacial score (nSPS) is 21.5. The predicted octanol–water partition coefficient (Wildman–Crippen LogP) is 8.21. The Bertz CT molecular complexity index is 1170. The van der Waals surface area contributed by atoms with E-state index in [-0.39, 0.29) is 26.1 Å². The van der Waals surface area contributed by atoms with E-state index >= 15 is 0 Å². The van der Waals surface area contributed by atoms with Crippen LogP contribution in [0, 0.1) is 0 Å². The summed E-state index contributed by atoms with van der Waals surface area (Å²) >= 11 is 0. The number of unbranched alkanes of at least 4 members (excludes halogenated alkanes) is 7. The summed E-state index contributed by atoms with van der Waals surface area (Å²) in [4.78, 5) is 25.2. The number of hydrogen-bond donors (Lipinski definition) is 4. The van der Waals surface area contributed by atoms with Crippen LogP contribution in [-0.2, 0) is 28.5 Å². The van der Waals surface area contributed by atoms with Crippen molar-refractivity contribution in [3.63, 3.8) is 0 Å². The fourth-order valence-electron chi connectivity index (χ4n) is 5.54.